The van der Waals surface area contributed by atoms with E-state index in [1.54, 1.807) is 17.0 Å². The molecule has 0 unspecified atom stereocenters. The van der Waals surface area contributed by atoms with Gasteiger partial charge in [-0.15, -0.1) is 0 Å². The molecule has 25 heavy (non-hydrogen) atoms. The Bertz CT molecular complexity index is 757. The molecule has 0 aliphatic heterocycles. The molecule has 0 fully saturated rings. The van der Waals surface area contributed by atoms with Gasteiger partial charge in [0.05, 0.1) is 5.69 Å². The molecule has 0 atom stereocenters. The summed E-state index contributed by atoms with van der Waals surface area (Å²) in [6.07, 6.45) is -0.271. The van der Waals surface area contributed by atoms with Crippen molar-refractivity contribution in [3.8, 4) is 0 Å². The molecule has 0 aliphatic rings. The van der Waals surface area contributed by atoms with Crippen LogP contribution in [0, 0.1) is 6.07 Å². The average Bonchev–Trinajstić information content (AvgIpc) is 2.60. The van der Waals surface area contributed by atoms with Gasteiger partial charge in [-0.25, -0.2) is 0 Å². The molecule has 2 aromatic rings. The molecule has 0 spiro atoms. The predicted octanol–water partition coefficient (Wildman–Crippen LogP) is 3.07. The number of anilines is 1. The van der Waals surface area contributed by atoms with E-state index in [4.69, 9.17) is 0 Å². The number of hydrogen-bond donors (Lipinski definition) is 1. The Labute approximate surface area is 147 Å². The molecule has 0 saturated carbocycles. The van der Waals surface area contributed by atoms with E-state index in [2.05, 4.69) is 11.4 Å². The minimum Gasteiger partial charge on any atom is -0.338 e. The van der Waals surface area contributed by atoms with Gasteiger partial charge in [0.1, 0.15) is 6.42 Å². The topological polar surface area (TPSA) is 66.5 Å². The zero-order valence-corrected chi connectivity index (χ0v) is 14.4. The third-order valence-electron chi connectivity index (χ3n) is 3.78. The van der Waals surface area contributed by atoms with Gasteiger partial charge >= 0.3 is 0 Å². The highest BCUT2D eigenvalue weighted by Gasteiger charge is 2.17. The molecular formula is C20H21N2O3. The molecule has 2 rings (SSSR count). The lowest BCUT2D eigenvalue weighted by Gasteiger charge is -2.21. The highest BCUT2D eigenvalue weighted by atomic mass is 16.2. The van der Waals surface area contributed by atoms with Gasteiger partial charge in [-0.1, -0.05) is 36.4 Å². The van der Waals surface area contributed by atoms with Crippen LogP contribution < -0.4 is 5.32 Å². The van der Waals surface area contributed by atoms with Crippen molar-refractivity contribution in [1.29, 1.82) is 0 Å². The lowest BCUT2D eigenvalue weighted by Crippen LogP contribution is -2.33. The quantitative estimate of drug-likeness (QED) is 0.624. The Balaban J connectivity index is 1.99. The molecule has 5 heteroatoms. The minimum atomic E-state index is -0.446. The molecule has 0 heterocycles. The maximum atomic E-state index is 12.4. The summed E-state index contributed by atoms with van der Waals surface area (Å²) >= 11 is 0. The SMILES string of the molecule is CCN(Cc1ccccc1)C(=O)CC(=O)Nc1c[c]ccc1C(C)=O. The van der Waals surface area contributed by atoms with Crippen LogP contribution in [0.4, 0.5) is 5.69 Å². The molecule has 5 nitrogen and oxygen atoms in total. The number of hydrogen-bond acceptors (Lipinski definition) is 3. The van der Waals surface area contributed by atoms with E-state index in [1.165, 1.54) is 13.0 Å². The second kappa shape index (κ2) is 8.78. The van der Waals surface area contributed by atoms with Crippen molar-refractivity contribution < 1.29 is 14.4 Å². The van der Waals surface area contributed by atoms with E-state index in [0.29, 0.717) is 24.3 Å². The third kappa shape index (κ3) is 5.28. The van der Waals surface area contributed by atoms with Crippen molar-refractivity contribution in [1.82, 2.24) is 4.90 Å². The molecule has 0 aliphatic carbocycles. The van der Waals surface area contributed by atoms with Crippen LogP contribution >= 0.6 is 0 Å². The highest BCUT2D eigenvalue weighted by Crippen LogP contribution is 2.16. The summed E-state index contributed by atoms with van der Waals surface area (Å²) < 4.78 is 0. The van der Waals surface area contributed by atoms with E-state index < -0.39 is 5.91 Å². The van der Waals surface area contributed by atoms with Crippen LogP contribution in [0.2, 0.25) is 0 Å². The van der Waals surface area contributed by atoms with E-state index in [1.807, 2.05) is 37.3 Å². The lowest BCUT2D eigenvalue weighted by atomic mass is 10.1. The highest BCUT2D eigenvalue weighted by molar-refractivity contribution is 6.07. The third-order valence-corrected chi connectivity index (χ3v) is 3.78. The van der Waals surface area contributed by atoms with E-state index in [9.17, 15) is 14.4 Å². The van der Waals surface area contributed by atoms with Gasteiger partial charge in [-0.2, -0.15) is 0 Å². The first-order chi connectivity index (χ1) is 12.0. The van der Waals surface area contributed by atoms with Gasteiger partial charge in [0.2, 0.25) is 11.8 Å². The number of nitrogens with zero attached hydrogens (tertiary/aromatic N) is 1. The number of carbonyl (C=O) groups is 3. The first-order valence-electron chi connectivity index (χ1n) is 8.13. The summed E-state index contributed by atoms with van der Waals surface area (Å²) in [5, 5.41) is 2.63. The van der Waals surface area contributed by atoms with Crippen LogP contribution in [-0.2, 0) is 16.1 Å². The Morgan fingerprint density at radius 3 is 2.48 bits per heavy atom. The Hall–Kier alpha value is -2.95. The molecule has 0 aromatic heterocycles. The molecule has 129 valence electrons. The summed E-state index contributed by atoms with van der Waals surface area (Å²) in [6.45, 7) is 4.27. The first kappa shape index (κ1) is 18.4. The van der Waals surface area contributed by atoms with Crippen molar-refractivity contribution in [2.45, 2.75) is 26.8 Å². The van der Waals surface area contributed by atoms with Crippen molar-refractivity contribution in [3.05, 3.63) is 65.7 Å². The van der Waals surface area contributed by atoms with Crippen molar-refractivity contribution in [2.75, 3.05) is 11.9 Å². The summed E-state index contributed by atoms with van der Waals surface area (Å²) in [5.41, 5.74) is 1.78. The van der Waals surface area contributed by atoms with Gasteiger partial charge in [0.15, 0.2) is 5.78 Å². The first-order valence-corrected chi connectivity index (χ1v) is 8.13. The van der Waals surface area contributed by atoms with Gasteiger partial charge in [0.25, 0.3) is 0 Å². The maximum Gasteiger partial charge on any atom is 0.233 e. The van der Waals surface area contributed by atoms with Crippen LogP contribution in [-0.4, -0.2) is 29.0 Å². The standard InChI is InChI=1S/C20H21N2O3/c1-3-22(14-16-9-5-4-6-10-16)20(25)13-19(24)21-18-12-8-7-11-17(18)15(2)23/h4-7,9-12H,3,13-14H2,1-2H3,(H,21,24). The van der Waals surface area contributed by atoms with E-state index >= 15 is 0 Å². The predicted molar refractivity (Wildman–Crippen MR) is 96.1 cm³/mol. The Kier molecular flexibility index (Phi) is 6.46. The van der Waals surface area contributed by atoms with Crippen molar-refractivity contribution in [2.24, 2.45) is 0 Å². The summed E-state index contributed by atoms with van der Waals surface area (Å²) in [5.74, 6) is -0.860. The molecule has 2 amide bonds. The number of amides is 2. The maximum absolute atomic E-state index is 12.4. The van der Waals surface area contributed by atoms with Crippen LogP contribution in [0.3, 0.4) is 0 Å². The van der Waals surface area contributed by atoms with E-state index in [0.717, 1.165) is 5.56 Å². The largest absolute Gasteiger partial charge is 0.338 e. The molecule has 1 N–H and O–H groups in total. The van der Waals surface area contributed by atoms with Crippen LogP contribution in [0.1, 0.15) is 36.2 Å². The average molecular weight is 337 g/mol. The van der Waals surface area contributed by atoms with E-state index in [-0.39, 0.29) is 18.1 Å². The summed E-state index contributed by atoms with van der Waals surface area (Å²) in [4.78, 5) is 37.8. The molecule has 2 aromatic carbocycles. The number of Topliss-reactive ketones (excluding diaryl/α,β-unsaturated/α-hetero) is 1. The molecule has 1 radical (unpaired) electrons. The Morgan fingerprint density at radius 2 is 1.84 bits per heavy atom. The van der Waals surface area contributed by atoms with Crippen LogP contribution in [0.5, 0.6) is 0 Å². The normalized spacial score (nSPS) is 10.2. The van der Waals surface area contributed by atoms with Gasteiger partial charge in [-0.05, 0) is 37.6 Å². The number of rotatable bonds is 7. The fourth-order valence-electron chi connectivity index (χ4n) is 2.46. The number of carbonyl (C=O) groups excluding carboxylic acids is 3. The van der Waals surface area contributed by atoms with Gasteiger partial charge < -0.3 is 10.2 Å². The molecule has 0 bridgehead atoms. The minimum absolute atomic E-state index is 0.158. The second-order valence-corrected chi connectivity index (χ2v) is 5.65. The second-order valence-electron chi connectivity index (χ2n) is 5.65. The zero-order valence-electron chi connectivity index (χ0n) is 14.4. The molecular weight excluding hydrogens is 316 g/mol. The number of nitrogens with one attached hydrogen (secondary N) is 1. The fourth-order valence-corrected chi connectivity index (χ4v) is 2.46. The van der Waals surface area contributed by atoms with Crippen molar-refractivity contribution >= 4 is 23.3 Å². The smallest absolute Gasteiger partial charge is 0.233 e. The number of ketones is 1. The van der Waals surface area contributed by atoms with Gasteiger partial charge in [-0.3, -0.25) is 14.4 Å². The van der Waals surface area contributed by atoms with Gasteiger partial charge in [0, 0.05) is 18.7 Å². The summed E-state index contributed by atoms with van der Waals surface area (Å²) in [6, 6.07) is 17.2. The van der Waals surface area contributed by atoms with Crippen molar-refractivity contribution in [3.63, 3.8) is 0 Å². The lowest BCUT2D eigenvalue weighted by molar-refractivity contribution is -0.134. The Morgan fingerprint density at radius 1 is 1.12 bits per heavy atom. The summed E-state index contributed by atoms with van der Waals surface area (Å²) in [7, 11) is 0. The number of benzene rings is 2. The zero-order chi connectivity index (χ0) is 18.2. The molecule has 0 saturated heterocycles. The monoisotopic (exact) mass is 337 g/mol. The van der Waals surface area contributed by atoms with Crippen LogP contribution in [0.15, 0.2) is 48.5 Å². The van der Waals surface area contributed by atoms with Crippen LogP contribution in [0.25, 0.3) is 0 Å². The fraction of sp³-hybridized carbons (Fsp3) is 0.250.